The molecular weight excluding hydrogens is 274 g/mol. The zero-order valence-corrected chi connectivity index (χ0v) is 8.37. The molecule has 0 spiro atoms. The van der Waals surface area contributed by atoms with Crippen LogP contribution in [0, 0.1) is 3.57 Å². The number of hydrogen-bond acceptors (Lipinski definition) is 1. The highest BCUT2D eigenvalue weighted by atomic mass is 127. The first-order valence-electron chi connectivity index (χ1n) is 3.06. The molecule has 56 valence electrons. The number of pyridine rings is 1. The molecule has 0 saturated heterocycles. The molecule has 0 aliphatic rings. The van der Waals surface area contributed by atoms with Crippen molar-refractivity contribution < 1.29 is 0 Å². The van der Waals surface area contributed by atoms with Gasteiger partial charge in [-0.1, -0.05) is 11.6 Å². The minimum Gasteiger partial charge on any atom is -0.238 e. The van der Waals surface area contributed by atoms with Gasteiger partial charge in [0.1, 0.15) is 0 Å². The quantitative estimate of drug-likeness (QED) is 0.677. The third kappa shape index (κ3) is 1.12. The Balaban J connectivity index is 2.96. The van der Waals surface area contributed by atoms with Crippen molar-refractivity contribution in [3.8, 4) is 0 Å². The SMILES string of the molecule is Clc1cccn2ncc(I)c12. The molecule has 4 heteroatoms. The van der Waals surface area contributed by atoms with Crippen LogP contribution in [-0.4, -0.2) is 9.61 Å². The van der Waals surface area contributed by atoms with Crippen LogP contribution in [0.1, 0.15) is 0 Å². The number of fused-ring (bicyclic) bond motifs is 1. The van der Waals surface area contributed by atoms with Crippen LogP contribution in [0.2, 0.25) is 5.02 Å². The average Bonchev–Trinajstić information content (AvgIpc) is 2.34. The number of rotatable bonds is 0. The first-order valence-corrected chi connectivity index (χ1v) is 4.52. The smallest absolute Gasteiger partial charge is 0.0981 e. The number of aromatic nitrogens is 2. The number of halogens is 2. The average molecular weight is 278 g/mol. The molecule has 2 aromatic rings. The first kappa shape index (κ1) is 7.36. The van der Waals surface area contributed by atoms with E-state index < -0.39 is 0 Å². The van der Waals surface area contributed by atoms with Crippen molar-refractivity contribution in [2.75, 3.05) is 0 Å². The fraction of sp³-hybridized carbons (Fsp3) is 0. The van der Waals surface area contributed by atoms with Crippen LogP contribution in [0.15, 0.2) is 24.5 Å². The Morgan fingerprint density at radius 2 is 2.36 bits per heavy atom. The third-order valence-corrected chi connectivity index (χ3v) is 2.54. The molecule has 0 bridgehead atoms. The summed E-state index contributed by atoms with van der Waals surface area (Å²) in [6.07, 6.45) is 3.67. The summed E-state index contributed by atoms with van der Waals surface area (Å²) in [5.74, 6) is 0. The van der Waals surface area contributed by atoms with E-state index in [0.29, 0.717) is 0 Å². The monoisotopic (exact) mass is 278 g/mol. The van der Waals surface area contributed by atoms with Crippen LogP contribution in [0.4, 0.5) is 0 Å². The van der Waals surface area contributed by atoms with E-state index in [1.54, 1.807) is 10.7 Å². The van der Waals surface area contributed by atoms with Crippen molar-refractivity contribution in [1.82, 2.24) is 9.61 Å². The van der Waals surface area contributed by atoms with E-state index in [1.165, 1.54) is 0 Å². The number of hydrogen-bond donors (Lipinski definition) is 0. The maximum Gasteiger partial charge on any atom is 0.0981 e. The second-order valence-corrected chi connectivity index (χ2v) is 3.71. The van der Waals surface area contributed by atoms with Crippen molar-refractivity contribution in [3.05, 3.63) is 33.1 Å². The molecule has 2 heterocycles. The van der Waals surface area contributed by atoms with Gasteiger partial charge in [-0.25, -0.2) is 4.52 Å². The summed E-state index contributed by atoms with van der Waals surface area (Å²) in [6, 6.07) is 3.74. The summed E-state index contributed by atoms with van der Waals surface area (Å²) in [5.41, 5.74) is 0.981. The Morgan fingerprint density at radius 1 is 1.55 bits per heavy atom. The molecule has 0 saturated carbocycles. The van der Waals surface area contributed by atoms with Crippen LogP contribution in [0.5, 0.6) is 0 Å². The van der Waals surface area contributed by atoms with Gasteiger partial charge in [0, 0.05) is 6.20 Å². The second kappa shape index (κ2) is 2.64. The molecule has 11 heavy (non-hydrogen) atoms. The lowest BCUT2D eigenvalue weighted by atomic mass is 10.4. The molecule has 0 N–H and O–H groups in total. The largest absolute Gasteiger partial charge is 0.238 e. The topological polar surface area (TPSA) is 17.3 Å². The molecular formula is C7H4ClIN2. The van der Waals surface area contributed by atoms with Gasteiger partial charge in [0.25, 0.3) is 0 Å². The Bertz CT molecular complexity index is 396. The van der Waals surface area contributed by atoms with Crippen LogP contribution in [0.3, 0.4) is 0 Å². The fourth-order valence-electron chi connectivity index (χ4n) is 0.966. The van der Waals surface area contributed by atoms with Crippen LogP contribution >= 0.6 is 34.2 Å². The molecule has 2 rings (SSSR count). The van der Waals surface area contributed by atoms with Crippen molar-refractivity contribution >= 4 is 39.7 Å². The normalized spacial score (nSPS) is 10.7. The zero-order valence-electron chi connectivity index (χ0n) is 5.46. The van der Waals surface area contributed by atoms with Crippen LogP contribution in [0.25, 0.3) is 5.52 Å². The third-order valence-electron chi connectivity index (χ3n) is 1.45. The summed E-state index contributed by atoms with van der Waals surface area (Å²) in [6.45, 7) is 0. The maximum atomic E-state index is 5.94. The van der Waals surface area contributed by atoms with E-state index in [4.69, 9.17) is 11.6 Å². The molecule has 0 aliphatic carbocycles. The fourth-order valence-corrected chi connectivity index (χ4v) is 2.05. The summed E-state index contributed by atoms with van der Waals surface area (Å²) in [4.78, 5) is 0. The van der Waals surface area contributed by atoms with Gasteiger partial charge in [-0.2, -0.15) is 5.10 Å². The Hall–Kier alpha value is -0.290. The predicted molar refractivity (Wildman–Crippen MR) is 52.9 cm³/mol. The first-order chi connectivity index (χ1) is 5.29. The second-order valence-electron chi connectivity index (χ2n) is 2.14. The van der Waals surface area contributed by atoms with Crippen molar-refractivity contribution in [3.63, 3.8) is 0 Å². The van der Waals surface area contributed by atoms with E-state index in [2.05, 4.69) is 27.7 Å². The Labute approximate surface area is 82.3 Å². The molecule has 2 nitrogen and oxygen atoms in total. The highest BCUT2D eigenvalue weighted by Crippen LogP contribution is 2.21. The molecule has 0 amide bonds. The van der Waals surface area contributed by atoms with E-state index in [0.717, 1.165) is 14.1 Å². The highest BCUT2D eigenvalue weighted by molar-refractivity contribution is 14.1. The maximum absolute atomic E-state index is 5.94. The Kier molecular flexibility index (Phi) is 1.77. The van der Waals surface area contributed by atoms with Gasteiger partial charge < -0.3 is 0 Å². The molecule has 0 unspecified atom stereocenters. The van der Waals surface area contributed by atoms with Crippen LogP contribution in [-0.2, 0) is 0 Å². The van der Waals surface area contributed by atoms with Gasteiger partial charge in [0.2, 0.25) is 0 Å². The standard InChI is InChI=1S/C7H4ClIN2/c8-5-2-1-3-11-7(5)6(9)4-10-11/h1-4H. The Morgan fingerprint density at radius 3 is 3.09 bits per heavy atom. The van der Waals surface area contributed by atoms with Gasteiger partial charge in [0.05, 0.1) is 20.3 Å². The lowest BCUT2D eigenvalue weighted by Crippen LogP contribution is -1.84. The molecule has 0 aliphatic heterocycles. The van der Waals surface area contributed by atoms with Gasteiger partial charge in [0.15, 0.2) is 0 Å². The molecule has 0 atom stereocenters. The summed E-state index contributed by atoms with van der Waals surface area (Å²) >= 11 is 8.15. The van der Waals surface area contributed by atoms with Crippen LogP contribution < -0.4 is 0 Å². The van der Waals surface area contributed by atoms with E-state index in [1.807, 2.05) is 18.3 Å². The summed E-state index contributed by atoms with van der Waals surface area (Å²) in [5, 5.41) is 4.85. The van der Waals surface area contributed by atoms with Crippen molar-refractivity contribution in [2.45, 2.75) is 0 Å². The van der Waals surface area contributed by atoms with E-state index in [9.17, 15) is 0 Å². The lowest BCUT2D eigenvalue weighted by molar-refractivity contribution is 0.961. The lowest BCUT2D eigenvalue weighted by Gasteiger charge is -1.94. The summed E-state index contributed by atoms with van der Waals surface area (Å²) in [7, 11) is 0. The zero-order chi connectivity index (χ0) is 7.84. The van der Waals surface area contributed by atoms with Gasteiger partial charge in [-0.15, -0.1) is 0 Å². The van der Waals surface area contributed by atoms with Crippen molar-refractivity contribution in [1.29, 1.82) is 0 Å². The number of nitrogens with zero attached hydrogens (tertiary/aromatic N) is 2. The molecule has 2 aromatic heterocycles. The van der Waals surface area contributed by atoms with E-state index >= 15 is 0 Å². The molecule has 0 aromatic carbocycles. The predicted octanol–water partition coefficient (Wildman–Crippen LogP) is 2.59. The van der Waals surface area contributed by atoms with Gasteiger partial charge in [-0.3, -0.25) is 0 Å². The highest BCUT2D eigenvalue weighted by Gasteiger charge is 2.02. The van der Waals surface area contributed by atoms with Gasteiger partial charge in [-0.05, 0) is 34.7 Å². The molecule has 0 radical (unpaired) electrons. The van der Waals surface area contributed by atoms with Crippen molar-refractivity contribution in [2.24, 2.45) is 0 Å². The molecule has 0 fully saturated rings. The summed E-state index contributed by atoms with van der Waals surface area (Å²) < 4.78 is 2.84. The minimum atomic E-state index is 0.745. The minimum absolute atomic E-state index is 0.745. The van der Waals surface area contributed by atoms with Gasteiger partial charge >= 0.3 is 0 Å². The van der Waals surface area contributed by atoms with E-state index in [-0.39, 0.29) is 0 Å².